The summed E-state index contributed by atoms with van der Waals surface area (Å²) in [6.45, 7) is 6.48. The fourth-order valence-corrected chi connectivity index (χ4v) is 7.02. The molecule has 13 heteroatoms. The van der Waals surface area contributed by atoms with Gasteiger partial charge in [0, 0.05) is 43.7 Å². The number of aryl methyl sites for hydroxylation is 2. The molecule has 256 valence electrons. The first-order valence-electron chi connectivity index (χ1n) is 16.1. The third-order valence-electron chi connectivity index (χ3n) is 8.52. The topological polar surface area (TPSA) is 136 Å². The lowest BCUT2D eigenvalue weighted by molar-refractivity contribution is -0.143. The number of unbranched alkanes of at least 4 members (excludes halogenated alkanes) is 1. The average Bonchev–Trinajstić information content (AvgIpc) is 3.48. The number of aliphatic hydroxyl groups is 1. The van der Waals surface area contributed by atoms with Crippen LogP contribution in [0.2, 0.25) is 0 Å². The van der Waals surface area contributed by atoms with E-state index in [1.165, 1.54) is 18.7 Å². The molecule has 2 heterocycles. The summed E-state index contributed by atoms with van der Waals surface area (Å²) in [7, 11) is -0.558. The maximum absolute atomic E-state index is 12.9. The number of rotatable bonds is 15. The minimum absolute atomic E-state index is 0.0658. The van der Waals surface area contributed by atoms with Gasteiger partial charge in [0.2, 0.25) is 0 Å². The van der Waals surface area contributed by atoms with Gasteiger partial charge in [-0.2, -0.15) is 12.7 Å². The summed E-state index contributed by atoms with van der Waals surface area (Å²) >= 11 is 0. The SMILES string of the molecule is CCOC(=O)CC(c1ccc(OC)c(CN2CC=C(O)OS2(=O)=O)c1)c1ccc2c(nnn2CCCCN(C)Cc2ccccc2)c1C. The van der Waals surface area contributed by atoms with Gasteiger partial charge in [-0.05, 0) is 74.7 Å². The normalized spacial score (nSPS) is 15.2. The van der Waals surface area contributed by atoms with Crippen molar-refractivity contribution in [2.45, 2.75) is 58.7 Å². The number of ether oxygens (including phenoxy) is 2. The van der Waals surface area contributed by atoms with Crippen molar-refractivity contribution >= 4 is 27.3 Å². The van der Waals surface area contributed by atoms with Crippen LogP contribution in [-0.4, -0.2) is 77.5 Å². The highest BCUT2D eigenvalue weighted by Gasteiger charge is 2.30. The molecule has 0 saturated heterocycles. The zero-order valence-electron chi connectivity index (χ0n) is 27.8. The largest absolute Gasteiger partial charge is 0.496 e. The number of hydrogen-bond donors (Lipinski definition) is 1. The van der Waals surface area contributed by atoms with Crippen molar-refractivity contribution in [3.8, 4) is 5.75 Å². The van der Waals surface area contributed by atoms with Gasteiger partial charge in [-0.1, -0.05) is 53.7 Å². The molecule has 0 spiro atoms. The molecule has 0 saturated carbocycles. The van der Waals surface area contributed by atoms with Crippen molar-refractivity contribution < 1.29 is 32.0 Å². The molecule has 0 radical (unpaired) electrons. The van der Waals surface area contributed by atoms with Gasteiger partial charge in [0.25, 0.3) is 5.95 Å². The lowest BCUT2D eigenvalue weighted by atomic mass is 9.84. The molecule has 0 amide bonds. The highest BCUT2D eigenvalue weighted by atomic mass is 32.2. The Balaban J connectivity index is 1.37. The van der Waals surface area contributed by atoms with Crippen LogP contribution in [0.15, 0.2) is 72.7 Å². The third-order valence-corrected chi connectivity index (χ3v) is 9.81. The Morgan fingerprint density at radius 2 is 1.92 bits per heavy atom. The Bertz CT molecular complexity index is 1860. The van der Waals surface area contributed by atoms with Gasteiger partial charge in [0.05, 0.1) is 25.7 Å². The predicted molar refractivity (Wildman–Crippen MR) is 181 cm³/mol. The number of esters is 1. The van der Waals surface area contributed by atoms with E-state index >= 15 is 0 Å². The van der Waals surface area contributed by atoms with E-state index in [4.69, 9.17) is 9.47 Å². The van der Waals surface area contributed by atoms with E-state index < -0.39 is 22.2 Å². The lowest BCUT2D eigenvalue weighted by Gasteiger charge is -2.25. The molecule has 12 nitrogen and oxygen atoms in total. The monoisotopic (exact) mass is 677 g/mol. The standard InChI is InChI=1S/C35H43N5O7S/c1-5-46-34(42)22-30(27-13-16-32(45-4)28(21-27)24-39-20-17-33(41)47-48(39,43)44)29-14-15-31-35(25(29)2)36-37-40(31)19-10-9-18-38(3)23-26-11-7-6-8-12-26/h6-8,11-17,21,30,41H,5,9-10,18-20,22-24H2,1-4H3. The van der Waals surface area contributed by atoms with Crippen LogP contribution < -0.4 is 4.74 Å². The highest BCUT2D eigenvalue weighted by molar-refractivity contribution is 7.84. The van der Waals surface area contributed by atoms with Gasteiger partial charge in [-0.15, -0.1) is 5.10 Å². The smallest absolute Gasteiger partial charge is 0.388 e. The Hall–Kier alpha value is -4.46. The molecule has 1 aromatic heterocycles. The minimum Gasteiger partial charge on any atom is -0.496 e. The number of carbonyl (C=O) groups is 1. The fourth-order valence-electron chi connectivity index (χ4n) is 6.08. The maximum atomic E-state index is 12.9. The second-order valence-corrected chi connectivity index (χ2v) is 13.4. The predicted octanol–water partition coefficient (Wildman–Crippen LogP) is 5.22. The number of fused-ring (bicyclic) bond motifs is 1. The zero-order valence-corrected chi connectivity index (χ0v) is 28.6. The number of carbonyl (C=O) groups excluding carboxylic acids is 1. The summed E-state index contributed by atoms with van der Waals surface area (Å²) in [5.41, 5.74) is 6.13. The van der Waals surface area contributed by atoms with E-state index in [0.717, 1.165) is 64.5 Å². The van der Waals surface area contributed by atoms with E-state index in [0.29, 0.717) is 11.3 Å². The minimum atomic E-state index is -4.20. The molecule has 3 aromatic carbocycles. The first-order valence-corrected chi connectivity index (χ1v) is 17.4. The second kappa shape index (κ2) is 15.6. The zero-order chi connectivity index (χ0) is 34.3. The van der Waals surface area contributed by atoms with E-state index in [9.17, 15) is 18.3 Å². The molecule has 4 aromatic rings. The van der Waals surface area contributed by atoms with Crippen LogP contribution in [0.3, 0.4) is 0 Å². The van der Waals surface area contributed by atoms with Gasteiger partial charge >= 0.3 is 16.3 Å². The summed E-state index contributed by atoms with van der Waals surface area (Å²) in [4.78, 5) is 15.2. The van der Waals surface area contributed by atoms with E-state index in [1.54, 1.807) is 13.0 Å². The van der Waals surface area contributed by atoms with Crippen LogP contribution in [0.4, 0.5) is 0 Å². The highest BCUT2D eigenvalue weighted by Crippen LogP contribution is 2.36. The van der Waals surface area contributed by atoms with Crippen molar-refractivity contribution in [2.75, 3.05) is 33.9 Å². The van der Waals surface area contributed by atoms with Gasteiger partial charge in [0.15, 0.2) is 0 Å². The molecular formula is C35H43N5O7S. The van der Waals surface area contributed by atoms with Gasteiger partial charge in [-0.3, -0.25) is 4.79 Å². The number of benzene rings is 3. The number of hydrogen-bond acceptors (Lipinski definition) is 10. The van der Waals surface area contributed by atoms with Crippen molar-refractivity contribution in [3.63, 3.8) is 0 Å². The number of aromatic nitrogens is 3. The number of methoxy groups -OCH3 is 1. The van der Waals surface area contributed by atoms with Gasteiger partial charge in [0.1, 0.15) is 11.3 Å². The summed E-state index contributed by atoms with van der Waals surface area (Å²) in [6, 6.07) is 19.9. The first kappa shape index (κ1) is 34.9. The molecule has 0 aliphatic carbocycles. The average molecular weight is 678 g/mol. The first-order chi connectivity index (χ1) is 23.1. The summed E-state index contributed by atoms with van der Waals surface area (Å²) in [5.74, 6) is -0.950. The summed E-state index contributed by atoms with van der Waals surface area (Å²) in [5, 5.41) is 18.6. The molecule has 1 N–H and O–H groups in total. The van der Waals surface area contributed by atoms with E-state index in [2.05, 4.69) is 50.7 Å². The second-order valence-electron chi connectivity index (χ2n) is 11.9. The van der Waals surface area contributed by atoms with Crippen LogP contribution in [0.25, 0.3) is 11.0 Å². The lowest BCUT2D eigenvalue weighted by Crippen LogP contribution is -2.35. The Morgan fingerprint density at radius 3 is 2.65 bits per heavy atom. The van der Waals surface area contributed by atoms with Crippen LogP contribution in [0.5, 0.6) is 5.75 Å². The van der Waals surface area contributed by atoms with Crippen molar-refractivity contribution in [2.24, 2.45) is 0 Å². The Kier molecular flexibility index (Phi) is 11.3. The van der Waals surface area contributed by atoms with Crippen LogP contribution in [-0.2, 0) is 43.7 Å². The molecule has 1 aliphatic heterocycles. The van der Waals surface area contributed by atoms with Crippen molar-refractivity contribution in [1.29, 1.82) is 0 Å². The molecule has 0 bridgehead atoms. The van der Waals surface area contributed by atoms with Crippen molar-refractivity contribution in [1.82, 2.24) is 24.2 Å². The quantitative estimate of drug-likeness (QED) is 0.132. The van der Waals surface area contributed by atoms with Gasteiger partial charge < -0.3 is 23.7 Å². The molecule has 0 fully saturated rings. The number of aliphatic hydroxyl groups excluding tert-OH is 1. The van der Waals surface area contributed by atoms with Crippen LogP contribution >= 0.6 is 0 Å². The number of nitrogens with zero attached hydrogens (tertiary/aromatic N) is 5. The molecule has 5 rings (SSSR count). The Labute approximate surface area is 281 Å². The Morgan fingerprint density at radius 1 is 1.12 bits per heavy atom. The molecule has 48 heavy (non-hydrogen) atoms. The van der Waals surface area contributed by atoms with Crippen LogP contribution in [0, 0.1) is 6.92 Å². The molecule has 1 unspecified atom stereocenters. The molecule has 1 atom stereocenters. The molecule has 1 aliphatic rings. The van der Waals surface area contributed by atoms with Crippen LogP contribution in [0.1, 0.15) is 59.9 Å². The molecular weight excluding hydrogens is 634 g/mol. The fraction of sp³-hybridized carbons (Fsp3) is 0.400. The maximum Gasteiger partial charge on any atom is 0.388 e. The summed E-state index contributed by atoms with van der Waals surface area (Å²) < 4.78 is 43.8. The van der Waals surface area contributed by atoms with E-state index in [1.807, 2.05) is 41.9 Å². The van der Waals surface area contributed by atoms with Gasteiger partial charge in [-0.25, -0.2) is 4.68 Å². The van der Waals surface area contributed by atoms with E-state index in [-0.39, 0.29) is 32.1 Å². The van der Waals surface area contributed by atoms with Crippen molar-refractivity contribution in [3.05, 3.63) is 101 Å². The third kappa shape index (κ3) is 8.33. The summed E-state index contributed by atoms with van der Waals surface area (Å²) in [6.07, 6.45) is 3.31.